The van der Waals surface area contributed by atoms with Gasteiger partial charge in [-0.05, 0) is 24.2 Å². The first-order valence-electron chi connectivity index (χ1n) is 10.0. The molecule has 160 valence electrons. The predicted molar refractivity (Wildman–Crippen MR) is 115 cm³/mol. The Kier molecular flexibility index (Phi) is 6.51. The van der Waals surface area contributed by atoms with Crippen molar-refractivity contribution in [2.24, 2.45) is 14.1 Å². The molecule has 1 N–H and O–H groups in total. The van der Waals surface area contributed by atoms with Crippen LogP contribution in [0.5, 0.6) is 0 Å². The zero-order valence-electron chi connectivity index (χ0n) is 17.9. The Morgan fingerprint density at radius 1 is 1.10 bits per heavy atom. The van der Waals surface area contributed by atoms with Gasteiger partial charge in [0, 0.05) is 27.2 Å². The van der Waals surface area contributed by atoms with Gasteiger partial charge in [-0.25, -0.2) is 14.3 Å². The number of hydrogen-bond acceptors (Lipinski definition) is 5. The highest BCUT2D eigenvalue weighted by Gasteiger charge is 2.17. The van der Waals surface area contributed by atoms with Crippen LogP contribution in [0, 0.1) is 0 Å². The Balaban J connectivity index is 1.78. The lowest BCUT2D eigenvalue weighted by Crippen LogP contribution is -2.43. The molecule has 0 radical (unpaired) electrons. The molecule has 3 rings (SSSR count). The van der Waals surface area contributed by atoms with Crippen molar-refractivity contribution in [3.63, 3.8) is 0 Å². The number of aromatic nitrogens is 4. The van der Waals surface area contributed by atoms with Crippen molar-refractivity contribution in [3.8, 4) is 0 Å². The average Bonchev–Trinajstić information content (AvgIpc) is 3.14. The molecule has 0 aliphatic heterocycles. The van der Waals surface area contributed by atoms with E-state index < -0.39 is 17.2 Å². The van der Waals surface area contributed by atoms with Gasteiger partial charge < -0.3 is 9.88 Å². The van der Waals surface area contributed by atoms with Gasteiger partial charge in [0.05, 0.1) is 6.33 Å². The molecular weight excluding hydrogens is 384 g/mol. The molecule has 0 unspecified atom stereocenters. The molecule has 0 atom stereocenters. The van der Waals surface area contributed by atoms with Crippen molar-refractivity contribution in [1.82, 2.24) is 28.9 Å². The largest absolute Gasteiger partial charge is 0.350 e. The SMILES string of the molecule is CCN(CC)Cc1ccccc1CNC(=O)Cn1c(=O)c2c(ncn2C)n(C)c1=O. The quantitative estimate of drug-likeness (QED) is 0.585. The van der Waals surface area contributed by atoms with E-state index in [0.29, 0.717) is 12.2 Å². The number of carbonyl (C=O) groups is 1. The minimum atomic E-state index is -0.566. The maximum Gasteiger partial charge on any atom is 0.332 e. The number of hydrogen-bond donors (Lipinski definition) is 1. The first-order valence-corrected chi connectivity index (χ1v) is 10.0. The lowest BCUT2D eigenvalue weighted by Gasteiger charge is -2.20. The third-order valence-electron chi connectivity index (χ3n) is 5.39. The topological polar surface area (TPSA) is 94.2 Å². The first-order chi connectivity index (χ1) is 14.4. The van der Waals surface area contributed by atoms with Crippen molar-refractivity contribution < 1.29 is 4.79 Å². The molecule has 9 nitrogen and oxygen atoms in total. The number of nitrogens with one attached hydrogen (secondary N) is 1. The predicted octanol–water partition coefficient (Wildman–Crippen LogP) is 0.592. The first kappa shape index (κ1) is 21.5. The van der Waals surface area contributed by atoms with Gasteiger partial charge in [0.1, 0.15) is 6.54 Å². The molecule has 0 saturated heterocycles. The molecular formula is C21H28N6O3. The van der Waals surface area contributed by atoms with Gasteiger partial charge in [-0.15, -0.1) is 0 Å². The molecule has 0 aliphatic rings. The molecule has 0 fully saturated rings. The van der Waals surface area contributed by atoms with Crippen molar-refractivity contribution >= 4 is 17.1 Å². The summed E-state index contributed by atoms with van der Waals surface area (Å²) in [5.41, 5.74) is 1.66. The van der Waals surface area contributed by atoms with Crippen molar-refractivity contribution in [1.29, 1.82) is 0 Å². The fourth-order valence-corrected chi connectivity index (χ4v) is 3.50. The maximum absolute atomic E-state index is 12.7. The second kappa shape index (κ2) is 9.08. The number of imidazole rings is 1. The van der Waals surface area contributed by atoms with Crippen LogP contribution in [0.3, 0.4) is 0 Å². The minimum absolute atomic E-state index is 0.287. The highest BCUT2D eigenvalue weighted by Crippen LogP contribution is 2.11. The van der Waals surface area contributed by atoms with E-state index in [4.69, 9.17) is 0 Å². The van der Waals surface area contributed by atoms with Crippen molar-refractivity contribution in [3.05, 3.63) is 62.6 Å². The fraction of sp³-hybridized carbons (Fsp3) is 0.429. The summed E-state index contributed by atoms with van der Waals surface area (Å²) in [5.74, 6) is -0.395. The van der Waals surface area contributed by atoms with Crippen LogP contribution in [0.1, 0.15) is 25.0 Å². The summed E-state index contributed by atoms with van der Waals surface area (Å²) in [5, 5.41) is 2.84. The van der Waals surface area contributed by atoms with E-state index in [1.54, 1.807) is 11.6 Å². The molecule has 30 heavy (non-hydrogen) atoms. The molecule has 1 amide bonds. The monoisotopic (exact) mass is 412 g/mol. The van der Waals surface area contributed by atoms with Crippen LogP contribution in [0.4, 0.5) is 0 Å². The molecule has 0 spiro atoms. The number of carbonyl (C=O) groups excluding carboxylic acids is 1. The van der Waals surface area contributed by atoms with Crippen LogP contribution < -0.4 is 16.6 Å². The number of fused-ring (bicyclic) bond motifs is 1. The third kappa shape index (κ3) is 4.20. The molecule has 0 saturated carbocycles. The van der Waals surface area contributed by atoms with Crippen LogP contribution in [-0.2, 0) is 38.5 Å². The number of nitrogens with zero attached hydrogens (tertiary/aromatic N) is 5. The molecule has 1 aromatic carbocycles. The van der Waals surface area contributed by atoms with Crippen molar-refractivity contribution in [2.45, 2.75) is 33.5 Å². The molecule has 3 aromatic rings. The summed E-state index contributed by atoms with van der Waals surface area (Å²) < 4.78 is 3.78. The van der Waals surface area contributed by atoms with E-state index in [0.717, 1.165) is 35.3 Å². The zero-order chi connectivity index (χ0) is 21.8. The summed E-state index contributed by atoms with van der Waals surface area (Å²) in [6.45, 7) is 6.91. The summed E-state index contributed by atoms with van der Waals surface area (Å²) in [6.07, 6.45) is 1.47. The van der Waals surface area contributed by atoms with Crippen LogP contribution in [0.25, 0.3) is 11.2 Å². The van der Waals surface area contributed by atoms with E-state index in [9.17, 15) is 14.4 Å². The number of amides is 1. The second-order valence-corrected chi connectivity index (χ2v) is 7.27. The van der Waals surface area contributed by atoms with Crippen molar-refractivity contribution in [2.75, 3.05) is 13.1 Å². The van der Waals surface area contributed by atoms with Crippen LogP contribution in [-0.4, -0.2) is 42.6 Å². The van der Waals surface area contributed by atoms with E-state index in [-0.39, 0.29) is 12.1 Å². The highest BCUT2D eigenvalue weighted by molar-refractivity contribution is 5.76. The summed E-state index contributed by atoms with van der Waals surface area (Å²) in [7, 11) is 3.22. The zero-order valence-corrected chi connectivity index (χ0v) is 17.9. The van der Waals surface area contributed by atoms with Gasteiger partial charge in [-0.2, -0.15) is 0 Å². The molecule has 2 heterocycles. The molecule has 0 aliphatic carbocycles. The van der Waals surface area contributed by atoms with Gasteiger partial charge in [0.25, 0.3) is 5.56 Å². The lowest BCUT2D eigenvalue weighted by molar-refractivity contribution is -0.121. The normalized spacial score (nSPS) is 11.4. The Labute approximate surface area is 174 Å². The number of aryl methyl sites for hydroxylation is 2. The number of benzene rings is 1. The van der Waals surface area contributed by atoms with Gasteiger partial charge in [0.2, 0.25) is 5.91 Å². The molecule has 9 heteroatoms. The summed E-state index contributed by atoms with van der Waals surface area (Å²) in [4.78, 5) is 44.2. The van der Waals surface area contributed by atoms with E-state index >= 15 is 0 Å². The maximum atomic E-state index is 12.7. The van der Waals surface area contributed by atoms with Gasteiger partial charge in [0.15, 0.2) is 11.2 Å². The summed E-state index contributed by atoms with van der Waals surface area (Å²) >= 11 is 0. The van der Waals surface area contributed by atoms with E-state index in [2.05, 4.69) is 35.1 Å². The highest BCUT2D eigenvalue weighted by atomic mass is 16.2. The Bertz CT molecular complexity index is 1170. The Morgan fingerprint density at radius 3 is 2.43 bits per heavy atom. The minimum Gasteiger partial charge on any atom is -0.350 e. The van der Waals surface area contributed by atoms with Gasteiger partial charge in [-0.3, -0.25) is 19.1 Å². The second-order valence-electron chi connectivity index (χ2n) is 7.27. The lowest BCUT2D eigenvalue weighted by atomic mass is 10.1. The molecule has 0 bridgehead atoms. The standard InChI is InChI=1S/C21H28N6O3/c1-5-26(6-2)12-16-10-8-7-9-15(16)11-22-17(28)13-27-20(29)18-19(23-14-24(18)3)25(4)21(27)30/h7-10,14H,5-6,11-13H2,1-4H3,(H,22,28). The van der Waals surface area contributed by atoms with Crippen LogP contribution >= 0.6 is 0 Å². The molecule has 2 aromatic heterocycles. The van der Waals surface area contributed by atoms with Crippen LogP contribution in [0.2, 0.25) is 0 Å². The smallest absolute Gasteiger partial charge is 0.332 e. The number of rotatable bonds is 8. The van der Waals surface area contributed by atoms with Crippen LogP contribution in [0.15, 0.2) is 40.2 Å². The van der Waals surface area contributed by atoms with Gasteiger partial charge in [-0.1, -0.05) is 38.1 Å². The van der Waals surface area contributed by atoms with E-state index in [1.165, 1.54) is 17.9 Å². The fourth-order valence-electron chi connectivity index (χ4n) is 3.50. The third-order valence-corrected chi connectivity index (χ3v) is 5.39. The average molecular weight is 412 g/mol. The Hall–Kier alpha value is -3.20. The Morgan fingerprint density at radius 2 is 1.77 bits per heavy atom. The summed E-state index contributed by atoms with van der Waals surface area (Å²) in [6, 6.07) is 7.95. The van der Waals surface area contributed by atoms with Gasteiger partial charge >= 0.3 is 5.69 Å². The van der Waals surface area contributed by atoms with E-state index in [1.807, 2.05) is 18.2 Å².